The SMILES string of the molecule is N#CN=C=[N-].N#CN=C=[N-].N#CN=C=[N-].[Ca+2].[Na+]. The minimum atomic E-state index is 0. The molecular weight excluding hydrogens is 261 g/mol. The van der Waals surface area contributed by atoms with Gasteiger partial charge in [-0.2, -0.15) is 15.8 Å². The van der Waals surface area contributed by atoms with Crippen LogP contribution in [0.15, 0.2) is 15.0 Å². The van der Waals surface area contributed by atoms with E-state index in [2.05, 4.69) is 15.0 Å². The van der Waals surface area contributed by atoms with Gasteiger partial charge in [0.1, 0.15) is 0 Å². The second-order valence-electron chi connectivity index (χ2n) is 0.935. The van der Waals surface area contributed by atoms with Crippen LogP contribution in [0.25, 0.3) is 16.2 Å². The number of rotatable bonds is 0. The van der Waals surface area contributed by atoms with Gasteiger partial charge in [0.05, 0.1) is 18.6 Å². The van der Waals surface area contributed by atoms with Crippen molar-refractivity contribution in [3.63, 3.8) is 0 Å². The summed E-state index contributed by atoms with van der Waals surface area (Å²) in [6.07, 6.45) is 3.84. The molecule has 0 unspecified atom stereocenters. The fraction of sp³-hybridized carbons (Fsp3) is 0. The third kappa shape index (κ3) is 104. The number of hydrogen-bond acceptors (Lipinski definition) is 6. The molecule has 0 aliphatic heterocycles. The van der Waals surface area contributed by atoms with Crippen LogP contribution in [0.1, 0.15) is 0 Å². The van der Waals surface area contributed by atoms with Crippen molar-refractivity contribution in [1.82, 2.24) is 0 Å². The second-order valence-corrected chi connectivity index (χ2v) is 0.935. The van der Waals surface area contributed by atoms with Crippen LogP contribution in [0, 0.1) is 34.4 Å². The Labute approximate surface area is 149 Å². The van der Waals surface area contributed by atoms with E-state index in [4.69, 9.17) is 32.0 Å². The van der Waals surface area contributed by atoms with Crippen molar-refractivity contribution in [2.24, 2.45) is 15.0 Å². The topological polar surface area (TPSA) is 175 Å². The standard InChI is InChI=1S/3C2N3.Ca.Na/c3*3-1-5-2-4;;/q3*-1;+2;+1. The molecule has 0 aliphatic carbocycles. The van der Waals surface area contributed by atoms with Gasteiger partial charge in [-0.05, 0) is 0 Å². The third-order valence-corrected chi connectivity index (χ3v) is 0.300. The monoisotopic (exact) mass is 261 g/mol. The molecule has 0 spiro atoms. The molecule has 0 aromatic rings. The Bertz CT molecular complexity index is 353. The molecule has 0 saturated carbocycles. The smallest absolute Gasteiger partial charge is 0.422 e. The van der Waals surface area contributed by atoms with Gasteiger partial charge in [-0.15, -0.1) is 18.0 Å². The molecule has 0 aromatic heterocycles. The van der Waals surface area contributed by atoms with Crippen LogP contribution < -0.4 is 29.6 Å². The molecule has 11 heteroatoms. The molecule has 0 saturated heterocycles. The number of hydrogen-bond donors (Lipinski definition) is 0. The number of nitriles is 3. The van der Waals surface area contributed by atoms with E-state index in [-0.39, 0.29) is 67.3 Å². The molecule has 0 bridgehead atoms. The molecular formula is C6CaN9Na. The van der Waals surface area contributed by atoms with Gasteiger partial charge < -0.3 is 31.2 Å². The molecule has 17 heavy (non-hydrogen) atoms. The van der Waals surface area contributed by atoms with Crippen molar-refractivity contribution in [2.75, 3.05) is 0 Å². The summed E-state index contributed by atoms with van der Waals surface area (Å²) in [4.78, 5) is 7.75. The van der Waals surface area contributed by atoms with Crippen molar-refractivity contribution < 1.29 is 29.6 Å². The second kappa shape index (κ2) is 46.2. The summed E-state index contributed by atoms with van der Waals surface area (Å²) < 4.78 is 0. The van der Waals surface area contributed by atoms with Crippen molar-refractivity contribution in [2.45, 2.75) is 0 Å². The minimum Gasteiger partial charge on any atom is -0.422 e. The van der Waals surface area contributed by atoms with Crippen molar-refractivity contribution in [3.05, 3.63) is 16.2 Å². The fourth-order valence-corrected chi connectivity index (χ4v) is 0.0671. The molecule has 0 radical (unpaired) electrons. The van der Waals surface area contributed by atoms with E-state index in [1.807, 2.05) is 0 Å². The summed E-state index contributed by atoms with van der Waals surface area (Å²) >= 11 is 0. The molecule has 0 aromatic carbocycles. The summed E-state index contributed by atoms with van der Waals surface area (Å²) in [6, 6.07) is 3.84. The Kier molecular flexibility index (Phi) is 80.7. The van der Waals surface area contributed by atoms with Crippen LogP contribution in [0.4, 0.5) is 0 Å². The predicted molar refractivity (Wildman–Crippen MR) is 55.0 cm³/mol. The Balaban J connectivity index is -0.0000000400. The van der Waals surface area contributed by atoms with Crippen molar-refractivity contribution in [1.29, 1.82) is 15.8 Å². The van der Waals surface area contributed by atoms with Crippen LogP contribution in [-0.4, -0.2) is 55.8 Å². The van der Waals surface area contributed by atoms with Crippen molar-refractivity contribution in [3.8, 4) is 18.6 Å². The third-order valence-electron chi connectivity index (χ3n) is 0.300. The van der Waals surface area contributed by atoms with E-state index >= 15 is 0 Å². The van der Waals surface area contributed by atoms with Gasteiger partial charge in [0.15, 0.2) is 0 Å². The van der Waals surface area contributed by atoms with Crippen LogP contribution in [-0.2, 0) is 0 Å². The average molecular weight is 261 g/mol. The summed E-state index contributed by atoms with van der Waals surface area (Å²) in [5.74, 6) is 0. The van der Waals surface area contributed by atoms with E-state index in [0.717, 1.165) is 0 Å². The zero-order valence-electron chi connectivity index (χ0n) is 8.73. The van der Waals surface area contributed by atoms with Gasteiger partial charge in [-0.3, -0.25) is 0 Å². The first-order valence-electron chi connectivity index (χ1n) is 2.68. The molecule has 0 N–H and O–H groups in total. The van der Waals surface area contributed by atoms with E-state index in [0.29, 0.717) is 0 Å². The Morgan fingerprint density at radius 2 is 0.824 bits per heavy atom. The molecule has 72 valence electrons. The fourth-order valence-electron chi connectivity index (χ4n) is 0.0671. The molecule has 0 fully saturated rings. The van der Waals surface area contributed by atoms with E-state index < -0.39 is 0 Å². The first kappa shape index (κ1) is 29.7. The first-order valence-corrected chi connectivity index (χ1v) is 2.68. The summed E-state index contributed by atoms with van der Waals surface area (Å²) in [7, 11) is 0. The van der Waals surface area contributed by atoms with E-state index in [9.17, 15) is 0 Å². The minimum absolute atomic E-state index is 0. The largest absolute Gasteiger partial charge is 2.00 e. The molecule has 0 aliphatic rings. The van der Waals surface area contributed by atoms with Crippen LogP contribution in [0.3, 0.4) is 0 Å². The van der Waals surface area contributed by atoms with E-state index in [1.54, 1.807) is 0 Å². The Morgan fingerprint density at radius 1 is 0.647 bits per heavy atom. The maximum Gasteiger partial charge on any atom is 2.00 e. The van der Waals surface area contributed by atoms with Crippen molar-refractivity contribution >= 4 is 55.8 Å². The van der Waals surface area contributed by atoms with Gasteiger partial charge >= 0.3 is 67.3 Å². The molecule has 0 rings (SSSR count). The first-order chi connectivity index (χ1) is 7.24. The summed E-state index contributed by atoms with van der Waals surface area (Å²) in [6.45, 7) is 0. The molecule has 0 heterocycles. The van der Waals surface area contributed by atoms with Gasteiger partial charge in [0.25, 0.3) is 0 Å². The maximum absolute atomic E-state index is 7.43. The zero-order chi connectivity index (χ0) is 12.4. The van der Waals surface area contributed by atoms with Crippen LogP contribution >= 0.6 is 0 Å². The summed E-state index contributed by atoms with van der Waals surface area (Å²) in [5.41, 5.74) is 0. The Hall–Kier alpha value is -1.13. The number of aliphatic imine (C=N–C) groups is 3. The quantitative estimate of drug-likeness (QED) is 0.261. The van der Waals surface area contributed by atoms with Crippen LogP contribution in [0.5, 0.6) is 0 Å². The van der Waals surface area contributed by atoms with Gasteiger partial charge in [0, 0.05) is 0 Å². The molecule has 9 nitrogen and oxygen atoms in total. The zero-order valence-corrected chi connectivity index (χ0v) is 12.9. The Morgan fingerprint density at radius 3 is 0.824 bits per heavy atom. The van der Waals surface area contributed by atoms with Gasteiger partial charge in [-0.25, -0.2) is 0 Å². The normalized spacial score (nSPS) is 3.35. The summed E-state index contributed by atoms with van der Waals surface area (Å²) in [5, 5.41) is 44.6. The molecule has 0 amide bonds. The van der Waals surface area contributed by atoms with Gasteiger partial charge in [0.2, 0.25) is 0 Å². The average Bonchev–Trinajstić information content (AvgIpc) is 2.23. The maximum atomic E-state index is 7.43. The van der Waals surface area contributed by atoms with E-state index in [1.165, 1.54) is 36.6 Å². The van der Waals surface area contributed by atoms with Gasteiger partial charge in [-0.1, -0.05) is 0 Å². The van der Waals surface area contributed by atoms with Crippen LogP contribution in [0.2, 0.25) is 0 Å². The molecule has 0 atom stereocenters. The number of nitrogens with zero attached hydrogens (tertiary/aromatic N) is 9. The predicted octanol–water partition coefficient (Wildman–Crippen LogP) is -2.74.